The number of sulfone groups is 1. The highest BCUT2D eigenvalue weighted by Gasteiger charge is 2.09. The molecule has 0 aliphatic heterocycles. The summed E-state index contributed by atoms with van der Waals surface area (Å²) in [7, 11) is -3.28. The Labute approximate surface area is 136 Å². The molecule has 23 heavy (non-hydrogen) atoms. The van der Waals surface area contributed by atoms with Crippen molar-refractivity contribution in [1.29, 1.82) is 0 Å². The number of nitrogens with one attached hydrogen (secondary N) is 1. The van der Waals surface area contributed by atoms with Crippen LogP contribution in [-0.2, 0) is 14.6 Å². The molecule has 4 nitrogen and oxygen atoms in total. The minimum atomic E-state index is -3.28. The van der Waals surface area contributed by atoms with Gasteiger partial charge in [0.25, 0.3) is 0 Å². The van der Waals surface area contributed by atoms with Gasteiger partial charge in [0.15, 0.2) is 21.5 Å². The number of thioether (sulfide) groups is 1. The maximum absolute atomic E-state index is 13.0. The second kappa shape index (κ2) is 7.10. The smallest absolute Gasteiger partial charge is 0.234 e. The minimum Gasteiger partial charge on any atom is -0.325 e. The zero-order valence-electron chi connectivity index (χ0n) is 12.0. The number of hydrogen-bond donors (Lipinski definition) is 1. The van der Waals surface area contributed by atoms with Crippen LogP contribution in [0.5, 0.6) is 0 Å². The highest BCUT2D eigenvalue weighted by atomic mass is 32.2. The number of amides is 1. The molecule has 1 N–H and O–H groups in total. The SMILES string of the molecule is CS(=O)(=O)c1ccc(NC(=O)CSc2ccc(F)c(F)c2)cc1. The molecule has 0 aliphatic carbocycles. The van der Waals surface area contributed by atoms with E-state index in [-0.39, 0.29) is 16.6 Å². The van der Waals surface area contributed by atoms with E-state index in [9.17, 15) is 22.0 Å². The lowest BCUT2D eigenvalue weighted by atomic mass is 10.3. The monoisotopic (exact) mass is 357 g/mol. The van der Waals surface area contributed by atoms with Gasteiger partial charge in [0, 0.05) is 16.8 Å². The summed E-state index contributed by atoms with van der Waals surface area (Å²) in [5, 5.41) is 2.59. The first-order chi connectivity index (χ1) is 10.8. The molecular formula is C15H13F2NO3S2. The van der Waals surface area contributed by atoms with E-state index in [1.807, 2.05) is 0 Å². The van der Waals surface area contributed by atoms with Gasteiger partial charge < -0.3 is 5.32 Å². The van der Waals surface area contributed by atoms with E-state index in [4.69, 9.17) is 0 Å². The number of halogens is 2. The summed E-state index contributed by atoms with van der Waals surface area (Å²) >= 11 is 1.06. The van der Waals surface area contributed by atoms with Crippen molar-refractivity contribution in [2.75, 3.05) is 17.3 Å². The number of carbonyl (C=O) groups is 1. The predicted octanol–water partition coefficient (Wildman–Crippen LogP) is 3.10. The van der Waals surface area contributed by atoms with Gasteiger partial charge in [-0.05, 0) is 42.5 Å². The molecule has 0 heterocycles. The summed E-state index contributed by atoms with van der Waals surface area (Å²) in [6.07, 6.45) is 1.10. The van der Waals surface area contributed by atoms with Crippen molar-refractivity contribution in [2.24, 2.45) is 0 Å². The van der Waals surface area contributed by atoms with Crippen LogP contribution in [0.4, 0.5) is 14.5 Å². The van der Waals surface area contributed by atoms with Gasteiger partial charge in [-0.25, -0.2) is 17.2 Å². The highest BCUT2D eigenvalue weighted by Crippen LogP contribution is 2.21. The molecular weight excluding hydrogens is 344 g/mol. The minimum absolute atomic E-state index is 0.0128. The molecule has 0 saturated carbocycles. The van der Waals surface area contributed by atoms with Gasteiger partial charge in [-0.15, -0.1) is 11.8 Å². The van der Waals surface area contributed by atoms with Crippen LogP contribution in [-0.4, -0.2) is 26.3 Å². The van der Waals surface area contributed by atoms with E-state index in [1.54, 1.807) is 0 Å². The summed E-state index contributed by atoms with van der Waals surface area (Å²) in [6, 6.07) is 9.17. The van der Waals surface area contributed by atoms with Crippen LogP contribution < -0.4 is 5.32 Å². The van der Waals surface area contributed by atoms with Crippen LogP contribution in [0.3, 0.4) is 0 Å². The van der Waals surface area contributed by atoms with Gasteiger partial charge in [-0.1, -0.05) is 0 Å². The predicted molar refractivity (Wildman–Crippen MR) is 85.3 cm³/mol. The van der Waals surface area contributed by atoms with E-state index in [1.165, 1.54) is 30.3 Å². The molecule has 2 rings (SSSR count). The molecule has 0 atom stereocenters. The second-order valence-corrected chi connectivity index (χ2v) is 7.77. The van der Waals surface area contributed by atoms with E-state index in [0.29, 0.717) is 10.6 Å². The van der Waals surface area contributed by atoms with Crippen molar-refractivity contribution in [3.05, 3.63) is 54.1 Å². The second-order valence-electron chi connectivity index (χ2n) is 4.71. The summed E-state index contributed by atoms with van der Waals surface area (Å²) in [6.45, 7) is 0. The average Bonchev–Trinajstić information content (AvgIpc) is 2.48. The molecule has 0 saturated heterocycles. The average molecular weight is 357 g/mol. The van der Waals surface area contributed by atoms with Crippen LogP contribution in [0.15, 0.2) is 52.3 Å². The summed E-state index contributed by atoms with van der Waals surface area (Å²) in [4.78, 5) is 12.4. The standard InChI is InChI=1S/C15H13F2NO3S2/c1-23(20,21)12-5-2-10(3-6-12)18-15(19)9-22-11-4-7-13(16)14(17)8-11/h2-8H,9H2,1H3,(H,18,19). The van der Waals surface area contributed by atoms with E-state index in [2.05, 4.69) is 5.32 Å². The molecule has 0 radical (unpaired) electrons. The third-order valence-corrected chi connectivity index (χ3v) is 4.95. The lowest BCUT2D eigenvalue weighted by Gasteiger charge is -2.06. The fourth-order valence-corrected chi connectivity index (χ4v) is 3.05. The number of benzene rings is 2. The van der Waals surface area contributed by atoms with Crippen molar-refractivity contribution in [3.63, 3.8) is 0 Å². The number of rotatable bonds is 5. The van der Waals surface area contributed by atoms with Crippen LogP contribution in [0.1, 0.15) is 0 Å². The van der Waals surface area contributed by atoms with E-state index >= 15 is 0 Å². The zero-order chi connectivity index (χ0) is 17.0. The van der Waals surface area contributed by atoms with Gasteiger partial charge in [0.05, 0.1) is 10.6 Å². The first kappa shape index (κ1) is 17.4. The molecule has 0 fully saturated rings. The molecule has 122 valence electrons. The van der Waals surface area contributed by atoms with Crippen molar-refractivity contribution < 1.29 is 22.0 Å². The molecule has 2 aromatic rings. The summed E-state index contributed by atoms with van der Waals surface area (Å²) in [5.74, 6) is -2.23. The topological polar surface area (TPSA) is 63.2 Å². The Morgan fingerprint density at radius 1 is 1.09 bits per heavy atom. The molecule has 8 heteroatoms. The molecule has 0 aromatic heterocycles. The van der Waals surface area contributed by atoms with Crippen molar-refractivity contribution >= 4 is 33.2 Å². The molecule has 0 unspecified atom stereocenters. The third kappa shape index (κ3) is 5.04. The van der Waals surface area contributed by atoms with E-state index in [0.717, 1.165) is 30.2 Å². The van der Waals surface area contributed by atoms with Gasteiger partial charge in [0.2, 0.25) is 5.91 Å². The van der Waals surface area contributed by atoms with Crippen LogP contribution in [0, 0.1) is 11.6 Å². The first-order valence-corrected chi connectivity index (χ1v) is 9.31. The lowest BCUT2D eigenvalue weighted by molar-refractivity contribution is -0.113. The fourth-order valence-electron chi connectivity index (χ4n) is 1.70. The first-order valence-electron chi connectivity index (χ1n) is 6.43. The largest absolute Gasteiger partial charge is 0.325 e. The summed E-state index contributed by atoms with van der Waals surface area (Å²) < 4.78 is 48.5. The van der Waals surface area contributed by atoms with Gasteiger partial charge in [-0.3, -0.25) is 4.79 Å². The molecule has 2 aromatic carbocycles. The van der Waals surface area contributed by atoms with Crippen molar-refractivity contribution in [1.82, 2.24) is 0 Å². The maximum atomic E-state index is 13.0. The quantitative estimate of drug-likeness (QED) is 0.835. The Bertz CT molecular complexity index is 821. The lowest BCUT2D eigenvalue weighted by Crippen LogP contribution is -2.14. The van der Waals surface area contributed by atoms with Gasteiger partial charge in [-0.2, -0.15) is 0 Å². The molecule has 0 bridgehead atoms. The summed E-state index contributed by atoms with van der Waals surface area (Å²) in [5.41, 5.74) is 0.452. The fraction of sp³-hybridized carbons (Fsp3) is 0.133. The Morgan fingerprint density at radius 3 is 2.30 bits per heavy atom. The van der Waals surface area contributed by atoms with Crippen molar-refractivity contribution in [2.45, 2.75) is 9.79 Å². The van der Waals surface area contributed by atoms with Gasteiger partial charge >= 0.3 is 0 Å². The molecule has 0 aliphatic rings. The number of anilines is 1. The highest BCUT2D eigenvalue weighted by molar-refractivity contribution is 8.00. The van der Waals surface area contributed by atoms with Crippen LogP contribution >= 0.6 is 11.8 Å². The molecule has 0 spiro atoms. The Balaban J connectivity index is 1.93. The molecule has 1 amide bonds. The number of carbonyl (C=O) groups excluding carboxylic acids is 1. The van der Waals surface area contributed by atoms with E-state index < -0.39 is 21.5 Å². The third-order valence-electron chi connectivity index (χ3n) is 2.83. The Kier molecular flexibility index (Phi) is 5.38. The normalized spacial score (nSPS) is 11.3. The Morgan fingerprint density at radius 2 is 1.74 bits per heavy atom. The zero-order valence-corrected chi connectivity index (χ0v) is 13.7. The number of hydrogen-bond acceptors (Lipinski definition) is 4. The van der Waals surface area contributed by atoms with Gasteiger partial charge in [0.1, 0.15) is 0 Å². The van der Waals surface area contributed by atoms with Crippen molar-refractivity contribution in [3.8, 4) is 0 Å². The Hall–Kier alpha value is -1.93. The van der Waals surface area contributed by atoms with Crippen LogP contribution in [0.2, 0.25) is 0 Å². The van der Waals surface area contributed by atoms with Crippen LogP contribution in [0.25, 0.3) is 0 Å². The maximum Gasteiger partial charge on any atom is 0.234 e.